The Morgan fingerprint density at radius 2 is 1.75 bits per heavy atom. The Bertz CT molecular complexity index is 549. The van der Waals surface area contributed by atoms with Crippen LogP contribution in [0, 0.1) is 0 Å². The molecular weight excluding hydrogens is 318 g/mol. The number of aliphatic hydroxyl groups is 5. The molecule has 6 N–H and O–H groups in total. The minimum Gasteiger partial charge on any atom is -0.394 e. The molecule has 0 saturated heterocycles. The van der Waals surface area contributed by atoms with Gasteiger partial charge in [0.2, 0.25) is 0 Å². The molecule has 1 amide bonds. The molecule has 134 valence electrons. The van der Waals surface area contributed by atoms with Crippen LogP contribution >= 0.6 is 0 Å². The van der Waals surface area contributed by atoms with Crippen molar-refractivity contribution >= 4 is 17.8 Å². The minimum atomic E-state index is -2.02. The van der Waals surface area contributed by atoms with Gasteiger partial charge in [0, 0.05) is 19.8 Å². The molecule has 0 heterocycles. The molecule has 0 aliphatic heterocycles. The fourth-order valence-corrected chi connectivity index (χ4v) is 1.77. The zero-order valence-corrected chi connectivity index (χ0v) is 13.4. The minimum absolute atomic E-state index is 0.701. The summed E-state index contributed by atoms with van der Waals surface area (Å²) in [5.41, 5.74) is 3.71. The highest BCUT2D eigenvalue weighted by Gasteiger charge is 2.34. The zero-order chi connectivity index (χ0) is 18.3. The Morgan fingerprint density at radius 3 is 2.25 bits per heavy atom. The Labute approximate surface area is 139 Å². The summed E-state index contributed by atoms with van der Waals surface area (Å²) in [5.74, 6) is -1.06. The van der Waals surface area contributed by atoms with Gasteiger partial charge in [0.1, 0.15) is 18.3 Å². The fourth-order valence-electron chi connectivity index (χ4n) is 1.77. The van der Waals surface area contributed by atoms with E-state index in [0.29, 0.717) is 5.56 Å². The molecule has 0 bridgehead atoms. The molecule has 1 rings (SSSR count). The number of benzene rings is 1. The van der Waals surface area contributed by atoms with E-state index in [9.17, 15) is 25.2 Å². The summed E-state index contributed by atoms with van der Waals surface area (Å²) >= 11 is 0. The van der Waals surface area contributed by atoms with Gasteiger partial charge in [0.25, 0.3) is 5.91 Å². The summed E-state index contributed by atoms with van der Waals surface area (Å²) in [6.45, 7) is -0.826. The number of carbonyl (C=O) groups is 1. The van der Waals surface area contributed by atoms with Gasteiger partial charge in [0.05, 0.1) is 12.8 Å². The fraction of sp³-hybridized carbons (Fsp3) is 0.467. The monoisotopic (exact) mass is 341 g/mol. The van der Waals surface area contributed by atoms with Crippen molar-refractivity contribution in [2.24, 2.45) is 5.10 Å². The van der Waals surface area contributed by atoms with E-state index in [2.05, 4.69) is 5.10 Å². The molecule has 1 aromatic rings. The highest BCUT2D eigenvalue weighted by Crippen LogP contribution is 2.11. The summed E-state index contributed by atoms with van der Waals surface area (Å²) in [4.78, 5) is 13.6. The van der Waals surface area contributed by atoms with E-state index in [-0.39, 0.29) is 0 Å². The summed E-state index contributed by atoms with van der Waals surface area (Å²) in [6.07, 6.45) is -6.20. The van der Waals surface area contributed by atoms with Crippen LogP contribution in [0.5, 0.6) is 0 Å². The maximum absolute atomic E-state index is 11.6. The largest absolute Gasteiger partial charge is 0.394 e. The number of rotatable bonds is 8. The number of hydrogen-bond acceptors (Lipinski definition) is 8. The van der Waals surface area contributed by atoms with Gasteiger partial charge in [0.15, 0.2) is 6.10 Å². The van der Waals surface area contributed by atoms with Gasteiger partial charge in [-0.1, -0.05) is 12.1 Å². The van der Waals surface area contributed by atoms with Crippen LogP contribution in [0.25, 0.3) is 0 Å². The Balaban J connectivity index is 2.58. The molecule has 0 spiro atoms. The first-order valence-corrected chi connectivity index (χ1v) is 7.21. The Morgan fingerprint density at radius 1 is 1.17 bits per heavy atom. The lowest BCUT2D eigenvalue weighted by atomic mass is 10.0. The Kier molecular flexibility index (Phi) is 7.75. The summed E-state index contributed by atoms with van der Waals surface area (Å²) in [7, 11) is 3.80. The number of carbonyl (C=O) groups excluding carboxylic acids is 1. The summed E-state index contributed by atoms with van der Waals surface area (Å²) in [5, 5.41) is 50.1. The van der Waals surface area contributed by atoms with Crippen LogP contribution < -0.4 is 10.3 Å². The van der Waals surface area contributed by atoms with E-state index in [1.165, 1.54) is 6.21 Å². The molecule has 9 heteroatoms. The number of nitrogens with one attached hydrogen (secondary N) is 1. The van der Waals surface area contributed by atoms with Gasteiger partial charge in [-0.3, -0.25) is 4.79 Å². The van der Waals surface area contributed by atoms with Gasteiger partial charge in [-0.05, 0) is 17.7 Å². The van der Waals surface area contributed by atoms with Crippen LogP contribution in [0.15, 0.2) is 29.4 Å². The highest BCUT2D eigenvalue weighted by atomic mass is 16.4. The van der Waals surface area contributed by atoms with Crippen LogP contribution in [-0.4, -0.2) is 82.8 Å². The Hall–Kier alpha value is -2.04. The second-order valence-corrected chi connectivity index (χ2v) is 5.40. The predicted octanol–water partition coefficient (Wildman–Crippen LogP) is -2.36. The molecule has 0 aromatic heterocycles. The lowest BCUT2D eigenvalue weighted by molar-refractivity contribution is -0.148. The van der Waals surface area contributed by atoms with Crippen molar-refractivity contribution in [3.63, 3.8) is 0 Å². The molecule has 0 saturated carbocycles. The maximum Gasteiger partial charge on any atom is 0.271 e. The van der Waals surface area contributed by atoms with Gasteiger partial charge in [-0.15, -0.1) is 0 Å². The van der Waals surface area contributed by atoms with Crippen LogP contribution in [0.4, 0.5) is 5.69 Å². The number of anilines is 1. The third-order valence-corrected chi connectivity index (χ3v) is 3.32. The SMILES string of the molecule is CN(C)c1ccc(/C=N/NC(=O)[C@@H](O)[C@H](O)[C@H](O)[C@H](O)CO)cc1. The van der Waals surface area contributed by atoms with E-state index in [0.717, 1.165) is 5.69 Å². The summed E-state index contributed by atoms with van der Waals surface area (Å²) < 4.78 is 0. The van der Waals surface area contributed by atoms with E-state index in [1.54, 1.807) is 12.1 Å². The molecule has 0 aliphatic carbocycles. The predicted molar refractivity (Wildman–Crippen MR) is 87.6 cm³/mol. The first-order valence-electron chi connectivity index (χ1n) is 7.21. The molecule has 1 aromatic carbocycles. The van der Waals surface area contributed by atoms with Gasteiger partial charge < -0.3 is 30.4 Å². The third kappa shape index (κ3) is 5.55. The average molecular weight is 341 g/mol. The van der Waals surface area contributed by atoms with Crippen LogP contribution in [-0.2, 0) is 4.79 Å². The molecule has 0 unspecified atom stereocenters. The maximum atomic E-state index is 11.6. The van der Waals surface area contributed by atoms with Crippen molar-refractivity contribution in [3.05, 3.63) is 29.8 Å². The average Bonchev–Trinajstić information content (AvgIpc) is 2.59. The number of amides is 1. The molecule has 24 heavy (non-hydrogen) atoms. The van der Waals surface area contributed by atoms with Crippen LogP contribution in [0.2, 0.25) is 0 Å². The smallest absolute Gasteiger partial charge is 0.271 e. The van der Waals surface area contributed by atoms with E-state index in [4.69, 9.17) is 5.11 Å². The molecule has 4 atom stereocenters. The topological polar surface area (TPSA) is 146 Å². The number of aliphatic hydroxyl groups excluding tert-OH is 5. The van der Waals surface area contributed by atoms with E-state index < -0.39 is 36.9 Å². The van der Waals surface area contributed by atoms with Crippen LogP contribution in [0.1, 0.15) is 5.56 Å². The second-order valence-electron chi connectivity index (χ2n) is 5.40. The van der Waals surface area contributed by atoms with Crippen LogP contribution in [0.3, 0.4) is 0 Å². The zero-order valence-electron chi connectivity index (χ0n) is 13.4. The lowest BCUT2D eigenvalue weighted by Gasteiger charge is -2.24. The number of hydrazone groups is 1. The van der Waals surface area contributed by atoms with E-state index >= 15 is 0 Å². The highest BCUT2D eigenvalue weighted by molar-refractivity contribution is 5.84. The van der Waals surface area contributed by atoms with Gasteiger partial charge >= 0.3 is 0 Å². The van der Waals surface area contributed by atoms with Gasteiger partial charge in [-0.2, -0.15) is 5.10 Å². The summed E-state index contributed by atoms with van der Waals surface area (Å²) in [6, 6.07) is 7.26. The molecule has 0 aliphatic rings. The molecule has 9 nitrogen and oxygen atoms in total. The first-order chi connectivity index (χ1) is 11.3. The standard InChI is InChI=1S/C15H23N3O6/c1-18(2)10-5-3-9(4-6-10)7-16-17-15(24)14(23)13(22)12(21)11(20)8-19/h3-7,11-14,19-23H,8H2,1-2H3,(H,17,24)/b16-7+/t11-,12-,13-,14+/m1/s1. The third-order valence-electron chi connectivity index (χ3n) is 3.32. The number of hydrogen-bond donors (Lipinski definition) is 6. The van der Waals surface area contributed by atoms with Crippen molar-refractivity contribution < 1.29 is 30.3 Å². The lowest BCUT2D eigenvalue weighted by Crippen LogP contribution is -2.50. The first kappa shape index (κ1) is 20.0. The second kappa shape index (κ2) is 9.30. The van der Waals surface area contributed by atoms with Crippen molar-refractivity contribution in [2.75, 3.05) is 25.6 Å². The van der Waals surface area contributed by atoms with Crippen molar-refractivity contribution in [1.82, 2.24) is 5.43 Å². The normalized spacial score (nSPS) is 16.5. The molecular formula is C15H23N3O6. The molecule has 0 fully saturated rings. The van der Waals surface area contributed by atoms with E-state index in [1.807, 2.05) is 36.6 Å². The number of nitrogens with zero attached hydrogens (tertiary/aromatic N) is 2. The quantitative estimate of drug-likeness (QED) is 0.229. The van der Waals surface area contributed by atoms with Crippen molar-refractivity contribution in [2.45, 2.75) is 24.4 Å². The molecule has 0 radical (unpaired) electrons. The van der Waals surface area contributed by atoms with Crippen molar-refractivity contribution in [3.8, 4) is 0 Å². The van der Waals surface area contributed by atoms with Gasteiger partial charge in [-0.25, -0.2) is 5.43 Å². The van der Waals surface area contributed by atoms with Crippen molar-refractivity contribution in [1.29, 1.82) is 0 Å².